The monoisotopic (exact) mass is 296 g/mol. The summed E-state index contributed by atoms with van der Waals surface area (Å²) >= 11 is 1.69. The second-order valence-electron chi connectivity index (χ2n) is 5.05. The minimum Gasteiger partial charge on any atom is -0.379 e. The predicted octanol–water partition coefficient (Wildman–Crippen LogP) is 1.59. The van der Waals surface area contributed by atoms with Crippen LogP contribution in [0, 0.1) is 12.8 Å². The number of ether oxygens (including phenoxy) is 1. The van der Waals surface area contributed by atoms with Crippen LogP contribution in [-0.2, 0) is 11.2 Å². The Balaban J connectivity index is 1.52. The molecule has 1 aromatic heterocycles. The van der Waals surface area contributed by atoms with Gasteiger partial charge >= 0.3 is 0 Å². The second kappa shape index (κ2) is 8.21. The molecule has 2 N–H and O–H groups in total. The molecule has 20 heavy (non-hydrogen) atoms. The highest BCUT2D eigenvalue weighted by Gasteiger charge is 2.20. The number of hydrogen-bond acceptors (Lipinski definition) is 4. The average molecular weight is 296 g/mol. The standard InChI is InChI=1S/C14H24N4OS/c1-11-18-13(10-20-11)5-6-16-14(15-2)17-7-8-19-9-12-3-4-12/h10,12H,3-9H2,1-2H3,(H2,15,16,17). The van der Waals surface area contributed by atoms with Gasteiger partial charge in [-0.05, 0) is 25.7 Å². The van der Waals surface area contributed by atoms with Crippen molar-refractivity contribution in [2.45, 2.75) is 26.2 Å². The van der Waals surface area contributed by atoms with Crippen LogP contribution in [0.3, 0.4) is 0 Å². The third-order valence-corrected chi connectivity index (χ3v) is 3.98. The maximum atomic E-state index is 5.58. The molecule has 1 saturated carbocycles. The van der Waals surface area contributed by atoms with Crippen LogP contribution in [0.4, 0.5) is 0 Å². The van der Waals surface area contributed by atoms with Gasteiger partial charge in [-0.2, -0.15) is 0 Å². The Morgan fingerprint density at radius 1 is 1.45 bits per heavy atom. The van der Waals surface area contributed by atoms with Crippen molar-refractivity contribution >= 4 is 17.3 Å². The normalized spacial score (nSPS) is 15.4. The molecule has 1 aliphatic carbocycles. The highest BCUT2D eigenvalue weighted by Crippen LogP contribution is 2.28. The summed E-state index contributed by atoms with van der Waals surface area (Å²) in [6.07, 6.45) is 3.60. The maximum Gasteiger partial charge on any atom is 0.191 e. The van der Waals surface area contributed by atoms with Gasteiger partial charge in [-0.3, -0.25) is 4.99 Å². The molecule has 0 radical (unpaired) electrons. The van der Waals surface area contributed by atoms with Crippen LogP contribution in [0.5, 0.6) is 0 Å². The number of thiazole rings is 1. The summed E-state index contributed by atoms with van der Waals surface area (Å²) in [7, 11) is 1.79. The van der Waals surface area contributed by atoms with Crippen molar-refractivity contribution in [2.24, 2.45) is 10.9 Å². The topological polar surface area (TPSA) is 58.5 Å². The van der Waals surface area contributed by atoms with Crippen molar-refractivity contribution in [3.8, 4) is 0 Å². The number of nitrogens with zero attached hydrogens (tertiary/aromatic N) is 2. The van der Waals surface area contributed by atoms with E-state index in [9.17, 15) is 0 Å². The Morgan fingerprint density at radius 2 is 2.25 bits per heavy atom. The molecule has 1 aromatic rings. The molecule has 0 amide bonds. The van der Waals surface area contributed by atoms with Gasteiger partial charge in [-0.1, -0.05) is 0 Å². The van der Waals surface area contributed by atoms with Crippen LogP contribution in [0.2, 0.25) is 0 Å². The summed E-state index contributed by atoms with van der Waals surface area (Å²) < 4.78 is 5.58. The van der Waals surface area contributed by atoms with E-state index in [1.807, 2.05) is 6.92 Å². The number of aromatic nitrogens is 1. The van der Waals surface area contributed by atoms with Crippen molar-refractivity contribution in [1.29, 1.82) is 0 Å². The molecular weight excluding hydrogens is 272 g/mol. The first kappa shape index (κ1) is 15.3. The van der Waals surface area contributed by atoms with Crippen LogP contribution in [0.25, 0.3) is 0 Å². The fourth-order valence-electron chi connectivity index (χ4n) is 1.83. The predicted molar refractivity (Wildman–Crippen MR) is 83.5 cm³/mol. The molecule has 0 spiro atoms. The van der Waals surface area contributed by atoms with E-state index in [0.717, 1.165) is 55.3 Å². The van der Waals surface area contributed by atoms with Gasteiger partial charge in [0.1, 0.15) is 0 Å². The largest absolute Gasteiger partial charge is 0.379 e. The Bertz CT molecular complexity index is 429. The molecule has 0 saturated heterocycles. The van der Waals surface area contributed by atoms with Gasteiger partial charge in [-0.25, -0.2) is 4.98 Å². The molecule has 0 aromatic carbocycles. The molecule has 5 nitrogen and oxygen atoms in total. The third-order valence-electron chi connectivity index (χ3n) is 3.15. The summed E-state index contributed by atoms with van der Waals surface area (Å²) in [6.45, 7) is 5.32. The number of hydrogen-bond donors (Lipinski definition) is 2. The molecular formula is C14H24N4OS. The summed E-state index contributed by atoms with van der Waals surface area (Å²) in [5.74, 6) is 1.65. The second-order valence-corrected chi connectivity index (χ2v) is 6.11. The van der Waals surface area contributed by atoms with Gasteiger partial charge in [-0.15, -0.1) is 11.3 Å². The van der Waals surface area contributed by atoms with E-state index in [4.69, 9.17) is 4.74 Å². The molecule has 0 unspecified atom stereocenters. The van der Waals surface area contributed by atoms with Crippen molar-refractivity contribution in [3.63, 3.8) is 0 Å². The zero-order valence-electron chi connectivity index (χ0n) is 12.3. The SMILES string of the molecule is CN=C(NCCOCC1CC1)NCCc1csc(C)n1. The summed E-state index contributed by atoms with van der Waals surface area (Å²) in [5.41, 5.74) is 1.14. The van der Waals surface area contributed by atoms with Gasteiger partial charge in [0.05, 0.1) is 17.3 Å². The summed E-state index contributed by atoms with van der Waals surface area (Å²) in [4.78, 5) is 8.63. The van der Waals surface area contributed by atoms with Crippen LogP contribution in [0.1, 0.15) is 23.5 Å². The van der Waals surface area contributed by atoms with E-state index in [2.05, 4.69) is 26.0 Å². The maximum absolute atomic E-state index is 5.58. The fourth-order valence-corrected chi connectivity index (χ4v) is 2.48. The van der Waals surface area contributed by atoms with Gasteiger partial charge in [0, 0.05) is 38.5 Å². The van der Waals surface area contributed by atoms with E-state index in [1.165, 1.54) is 12.8 Å². The smallest absolute Gasteiger partial charge is 0.191 e. The van der Waals surface area contributed by atoms with E-state index in [-0.39, 0.29) is 0 Å². The van der Waals surface area contributed by atoms with Crippen LogP contribution < -0.4 is 10.6 Å². The lowest BCUT2D eigenvalue weighted by atomic mass is 10.3. The zero-order valence-corrected chi connectivity index (χ0v) is 13.1. The fraction of sp³-hybridized carbons (Fsp3) is 0.714. The zero-order chi connectivity index (χ0) is 14.2. The third kappa shape index (κ3) is 5.88. The quantitative estimate of drug-likeness (QED) is 0.434. The molecule has 1 aliphatic rings. The highest BCUT2D eigenvalue weighted by molar-refractivity contribution is 7.09. The number of guanidine groups is 1. The lowest BCUT2D eigenvalue weighted by Crippen LogP contribution is -2.39. The summed E-state index contributed by atoms with van der Waals surface area (Å²) in [5, 5.41) is 9.77. The van der Waals surface area contributed by atoms with Gasteiger partial charge < -0.3 is 15.4 Å². The van der Waals surface area contributed by atoms with Crippen molar-refractivity contribution in [1.82, 2.24) is 15.6 Å². The lowest BCUT2D eigenvalue weighted by molar-refractivity contribution is 0.129. The molecule has 2 rings (SSSR count). The van der Waals surface area contributed by atoms with Crippen LogP contribution in [-0.4, -0.2) is 44.3 Å². The van der Waals surface area contributed by atoms with Crippen LogP contribution in [0.15, 0.2) is 10.4 Å². The Hall–Kier alpha value is -1.14. The lowest BCUT2D eigenvalue weighted by Gasteiger charge is -2.11. The molecule has 1 fully saturated rings. The van der Waals surface area contributed by atoms with Crippen molar-refractivity contribution < 1.29 is 4.74 Å². The Morgan fingerprint density at radius 3 is 2.90 bits per heavy atom. The number of nitrogens with one attached hydrogen (secondary N) is 2. The van der Waals surface area contributed by atoms with E-state index in [0.29, 0.717) is 0 Å². The Labute approximate surface area is 124 Å². The first-order valence-corrected chi connectivity index (χ1v) is 8.09. The number of rotatable bonds is 8. The minimum absolute atomic E-state index is 0.739. The molecule has 112 valence electrons. The molecule has 0 bridgehead atoms. The Kier molecular flexibility index (Phi) is 6.26. The number of aryl methyl sites for hydroxylation is 1. The molecule has 0 atom stereocenters. The van der Waals surface area contributed by atoms with E-state index < -0.39 is 0 Å². The molecule has 6 heteroatoms. The van der Waals surface area contributed by atoms with Gasteiger partial charge in [0.15, 0.2) is 5.96 Å². The first-order chi connectivity index (χ1) is 9.78. The van der Waals surface area contributed by atoms with Crippen LogP contribution >= 0.6 is 11.3 Å². The van der Waals surface area contributed by atoms with Crippen molar-refractivity contribution in [2.75, 3.05) is 33.4 Å². The number of aliphatic imine (C=N–C) groups is 1. The van der Waals surface area contributed by atoms with E-state index >= 15 is 0 Å². The van der Waals surface area contributed by atoms with E-state index in [1.54, 1.807) is 18.4 Å². The molecule has 0 aliphatic heterocycles. The van der Waals surface area contributed by atoms with Gasteiger partial charge in [0.2, 0.25) is 0 Å². The van der Waals surface area contributed by atoms with Crippen molar-refractivity contribution in [3.05, 3.63) is 16.1 Å². The minimum atomic E-state index is 0.739. The van der Waals surface area contributed by atoms with Gasteiger partial charge in [0.25, 0.3) is 0 Å². The first-order valence-electron chi connectivity index (χ1n) is 7.21. The molecule has 1 heterocycles. The average Bonchev–Trinajstić information content (AvgIpc) is 3.18. The summed E-state index contributed by atoms with van der Waals surface area (Å²) in [6, 6.07) is 0. The highest BCUT2D eigenvalue weighted by atomic mass is 32.1.